The fourth-order valence-corrected chi connectivity index (χ4v) is 2.30. The summed E-state index contributed by atoms with van der Waals surface area (Å²) in [6.07, 6.45) is 1.75. The molecule has 8 nitrogen and oxygen atoms in total. The molecule has 1 amide bonds. The summed E-state index contributed by atoms with van der Waals surface area (Å²) in [5.74, 6) is 1.10. The highest BCUT2D eigenvalue weighted by Crippen LogP contribution is 2.26. The molecule has 1 aliphatic rings. The largest absolute Gasteiger partial charge is 0.368 e. The van der Waals surface area contributed by atoms with Gasteiger partial charge in [0.1, 0.15) is 17.4 Å². The van der Waals surface area contributed by atoms with Crippen molar-refractivity contribution in [3.05, 3.63) is 28.7 Å². The Morgan fingerprint density at radius 1 is 1.33 bits per heavy atom. The molecule has 2 aromatic heterocycles. The Kier molecular flexibility index (Phi) is 3.70. The number of aryl methyl sites for hydroxylation is 2. The van der Waals surface area contributed by atoms with Gasteiger partial charge in [-0.2, -0.15) is 4.98 Å². The number of carbonyl (C=O) groups is 1. The molecule has 112 valence electrons. The third-order valence-corrected chi connectivity index (χ3v) is 3.36. The van der Waals surface area contributed by atoms with E-state index in [1.807, 2.05) is 0 Å². The summed E-state index contributed by atoms with van der Waals surface area (Å²) in [5, 5.41) is 10.3. The molecule has 1 atom stereocenters. The highest BCUT2D eigenvalue weighted by atomic mass is 16.5. The van der Waals surface area contributed by atoms with Gasteiger partial charge in [0.15, 0.2) is 5.82 Å². The zero-order valence-corrected chi connectivity index (χ0v) is 11.9. The second-order valence-electron chi connectivity index (χ2n) is 4.93. The summed E-state index contributed by atoms with van der Waals surface area (Å²) in [5.41, 5.74) is 0.996. The van der Waals surface area contributed by atoms with E-state index < -0.39 is 0 Å². The van der Waals surface area contributed by atoms with Crippen LogP contribution in [-0.2, 0) is 11.3 Å². The molecule has 0 aliphatic carbocycles. The number of hydrogen-bond donors (Lipinski definition) is 1. The first kappa shape index (κ1) is 13.7. The Balaban J connectivity index is 1.61. The van der Waals surface area contributed by atoms with E-state index in [0.717, 1.165) is 12.8 Å². The summed E-state index contributed by atoms with van der Waals surface area (Å²) in [6, 6.07) is 0. The molecular weight excluding hydrogens is 276 g/mol. The standard InChI is InChI=1S/C13H16N4O4/c1-7-11(8(2)20-16-7)12(18)14-6-10-15-13(21-17-10)9-4-3-5-19-9/h9H,3-6H2,1-2H3,(H,14,18)/t9-/m1/s1. The van der Waals surface area contributed by atoms with Gasteiger partial charge in [0.05, 0.1) is 12.2 Å². The molecule has 0 radical (unpaired) electrons. The average molecular weight is 292 g/mol. The van der Waals surface area contributed by atoms with Crippen molar-refractivity contribution in [1.29, 1.82) is 0 Å². The third kappa shape index (κ3) is 2.80. The van der Waals surface area contributed by atoms with Crippen molar-refractivity contribution in [2.45, 2.75) is 39.3 Å². The topological polar surface area (TPSA) is 103 Å². The summed E-state index contributed by atoms with van der Waals surface area (Å²) < 4.78 is 15.6. The molecule has 1 aliphatic heterocycles. The smallest absolute Gasteiger partial charge is 0.257 e. The number of hydrogen-bond acceptors (Lipinski definition) is 7. The number of nitrogens with zero attached hydrogens (tertiary/aromatic N) is 3. The number of nitrogens with one attached hydrogen (secondary N) is 1. The number of carbonyl (C=O) groups excluding carboxylic acids is 1. The second-order valence-corrected chi connectivity index (χ2v) is 4.93. The van der Waals surface area contributed by atoms with E-state index in [0.29, 0.717) is 35.3 Å². The van der Waals surface area contributed by atoms with Gasteiger partial charge in [-0.15, -0.1) is 0 Å². The maximum Gasteiger partial charge on any atom is 0.257 e. The van der Waals surface area contributed by atoms with Gasteiger partial charge in [-0.25, -0.2) is 0 Å². The Morgan fingerprint density at radius 2 is 2.19 bits per heavy atom. The van der Waals surface area contributed by atoms with Gasteiger partial charge in [-0.3, -0.25) is 4.79 Å². The lowest BCUT2D eigenvalue weighted by molar-refractivity contribution is 0.0835. The van der Waals surface area contributed by atoms with Gasteiger partial charge in [0, 0.05) is 6.61 Å². The van der Waals surface area contributed by atoms with E-state index in [1.165, 1.54) is 0 Å². The summed E-state index contributed by atoms with van der Waals surface area (Å²) in [7, 11) is 0. The molecule has 1 N–H and O–H groups in total. The molecule has 21 heavy (non-hydrogen) atoms. The Morgan fingerprint density at radius 3 is 2.86 bits per heavy atom. The molecule has 0 aromatic carbocycles. The van der Waals surface area contributed by atoms with Crippen LogP contribution in [0.4, 0.5) is 0 Å². The third-order valence-electron chi connectivity index (χ3n) is 3.36. The highest BCUT2D eigenvalue weighted by Gasteiger charge is 2.24. The molecule has 0 unspecified atom stereocenters. The highest BCUT2D eigenvalue weighted by molar-refractivity contribution is 5.95. The van der Waals surface area contributed by atoms with E-state index in [-0.39, 0.29) is 18.6 Å². The summed E-state index contributed by atoms with van der Waals surface area (Å²) in [4.78, 5) is 16.3. The first-order valence-electron chi connectivity index (χ1n) is 6.80. The molecule has 0 saturated carbocycles. The second kappa shape index (κ2) is 5.65. The van der Waals surface area contributed by atoms with Crippen LogP contribution in [0.15, 0.2) is 9.05 Å². The number of aromatic nitrogens is 3. The number of amides is 1. The SMILES string of the molecule is Cc1noc(C)c1C(=O)NCc1noc([C@H]2CCCO2)n1. The van der Waals surface area contributed by atoms with Crippen LogP contribution >= 0.6 is 0 Å². The van der Waals surface area contributed by atoms with Gasteiger partial charge >= 0.3 is 0 Å². The lowest BCUT2D eigenvalue weighted by Gasteiger charge is -2.01. The van der Waals surface area contributed by atoms with Crippen molar-refractivity contribution in [3.63, 3.8) is 0 Å². The predicted octanol–water partition coefficient (Wildman–Crippen LogP) is 1.46. The van der Waals surface area contributed by atoms with Crippen molar-refractivity contribution in [1.82, 2.24) is 20.6 Å². The number of rotatable bonds is 4. The van der Waals surface area contributed by atoms with Crippen LogP contribution in [0.5, 0.6) is 0 Å². The normalized spacial score (nSPS) is 18.1. The van der Waals surface area contributed by atoms with Crippen LogP contribution in [0, 0.1) is 13.8 Å². The predicted molar refractivity (Wildman–Crippen MR) is 69.4 cm³/mol. The van der Waals surface area contributed by atoms with E-state index >= 15 is 0 Å². The first-order chi connectivity index (χ1) is 10.1. The van der Waals surface area contributed by atoms with Crippen molar-refractivity contribution in [3.8, 4) is 0 Å². The molecule has 1 fully saturated rings. The quantitative estimate of drug-likeness (QED) is 0.909. The lowest BCUT2D eigenvalue weighted by Crippen LogP contribution is -2.24. The molecular formula is C13H16N4O4. The maximum atomic E-state index is 12.1. The minimum atomic E-state index is -0.269. The van der Waals surface area contributed by atoms with Crippen LogP contribution < -0.4 is 5.32 Å². The summed E-state index contributed by atoms with van der Waals surface area (Å²) in [6.45, 7) is 4.30. The van der Waals surface area contributed by atoms with Crippen molar-refractivity contribution >= 4 is 5.91 Å². The van der Waals surface area contributed by atoms with Crippen molar-refractivity contribution in [2.24, 2.45) is 0 Å². The van der Waals surface area contributed by atoms with Crippen LogP contribution in [-0.4, -0.2) is 27.8 Å². The van der Waals surface area contributed by atoms with Crippen LogP contribution in [0.25, 0.3) is 0 Å². The molecule has 8 heteroatoms. The fourth-order valence-electron chi connectivity index (χ4n) is 2.30. The van der Waals surface area contributed by atoms with E-state index in [2.05, 4.69) is 20.6 Å². The maximum absolute atomic E-state index is 12.1. The van der Waals surface area contributed by atoms with E-state index in [9.17, 15) is 4.79 Å². The minimum absolute atomic E-state index is 0.121. The Labute approximate surface area is 120 Å². The van der Waals surface area contributed by atoms with E-state index in [1.54, 1.807) is 13.8 Å². The van der Waals surface area contributed by atoms with Gasteiger partial charge in [-0.05, 0) is 26.7 Å². The minimum Gasteiger partial charge on any atom is -0.368 e. The molecule has 0 spiro atoms. The van der Waals surface area contributed by atoms with Crippen molar-refractivity contribution in [2.75, 3.05) is 6.61 Å². The summed E-state index contributed by atoms with van der Waals surface area (Å²) >= 11 is 0. The zero-order valence-electron chi connectivity index (χ0n) is 11.9. The van der Waals surface area contributed by atoms with Gasteiger partial charge in [0.2, 0.25) is 0 Å². The Bertz CT molecular complexity index is 623. The van der Waals surface area contributed by atoms with Gasteiger partial charge in [0.25, 0.3) is 11.8 Å². The van der Waals surface area contributed by atoms with Crippen molar-refractivity contribution < 1.29 is 18.6 Å². The van der Waals surface area contributed by atoms with Crippen LogP contribution in [0.2, 0.25) is 0 Å². The molecule has 2 aromatic rings. The Hall–Kier alpha value is -2.22. The molecule has 0 bridgehead atoms. The average Bonchev–Trinajstić information content (AvgIpc) is 3.17. The van der Waals surface area contributed by atoms with Gasteiger partial charge in [-0.1, -0.05) is 10.3 Å². The van der Waals surface area contributed by atoms with Crippen LogP contribution in [0.3, 0.4) is 0 Å². The molecule has 1 saturated heterocycles. The van der Waals surface area contributed by atoms with Crippen LogP contribution in [0.1, 0.15) is 52.5 Å². The number of ether oxygens (including phenoxy) is 1. The zero-order chi connectivity index (χ0) is 14.8. The van der Waals surface area contributed by atoms with E-state index in [4.69, 9.17) is 13.8 Å². The van der Waals surface area contributed by atoms with Gasteiger partial charge < -0.3 is 19.1 Å². The fraction of sp³-hybridized carbons (Fsp3) is 0.538. The molecule has 3 rings (SSSR count). The first-order valence-corrected chi connectivity index (χ1v) is 6.80. The monoisotopic (exact) mass is 292 g/mol. The molecule has 3 heterocycles. The lowest BCUT2D eigenvalue weighted by atomic mass is 10.2.